The number of fused-ring (bicyclic) bond motifs is 1. The van der Waals surface area contributed by atoms with Gasteiger partial charge in [-0.05, 0) is 17.9 Å². The molecule has 0 spiro atoms. The van der Waals surface area contributed by atoms with Crippen LogP contribution in [0.4, 0.5) is 5.82 Å². The van der Waals surface area contributed by atoms with Gasteiger partial charge in [0.1, 0.15) is 17.0 Å². The van der Waals surface area contributed by atoms with Crippen LogP contribution in [-0.4, -0.2) is 29.1 Å². The maximum atomic E-state index is 5.90. The van der Waals surface area contributed by atoms with Crippen LogP contribution >= 0.6 is 11.3 Å². The Morgan fingerprint density at radius 1 is 1.47 bits per heavy atom. The number of nitrogens with two attached hydrogens (primary N) is 1. The molecule has 4 nitrogen and oxygen atoms in total. The molecular formula is C10H12N4S. The molecule has 0 saturated carbocycles. The molecule has 0 bridgehead atoms. The lowest BCUT2D eigenvalue weighted by Crippen LogP contribution is -2.26. The molecule has 0 radical (unpaired) electrons. The molecule has 3 heterocycles. The molecule has 1 fully saturated rings. The average molecular weight is 220 g/mol. The van der Waals surface area contributed by atoms with Crippen LogP contribution in [0, 0.1) is 0 Å². The Hall–Kier alpha value is -1.20. The van der Waals surface area contributed by atoms with Crippen molar-refractivity contribution in [2.45, 2.75) is 12.5 Å². The van der Waals surface area contributed by atoms with Crippen molar-refractivity contribution in [3.8, 4) is 0 Å². The van der Waals surface area contributed by atoms with Crippen LogP contribution < -0.4 is 10.6 Å². The van der Waals surface area contributed by atoms with E-state index in [4.69, 9.17) is 5.73 Å². The molecule has 1 saturated heterocycles. The van der Waals surface area contributed by atoms with Gasteiger partial charge < -0.3 is 10.6 Å². The van der Waals surface area contributed by atoms with E-state index in [1.807, 2.05) is 0 Å². The fourth-order valence-corrected chi connectivity index (χ4v) is 2.74. The lowest BCUT2D eigenvalue weighted by Gasteiger charge is -2.16. The van der Waals surface area contributed by atoms with Gasteiger partial charge in [0.05, 0.1) is 5.39 Å². The van der Waals surface area contributed by atoms with Crippen molar-refractivity contribution in [2.75, 3.05) is 18.0 Å². The van der Waals surface area contributed by atoms with E-state index in [1.54, 1.807) is 17.7 Å². The van der Waals surface area contributed by atoms with Crippen LogP contribution in [0.5, 0.6) is 0 Å². The summed E-state index contributed by atoms with van der Waals surface area (Å²) >= 11 is 1.65. The Morgan fingerprint density at radius 2 is 2.40 bits per heavy atom. The van der Waals surface area contributed by atoms with Gasteiger partial charge in [-0.2, -0.15) is 0 Å². The summed E-state index contributed by atoms with van der Waals surface area (Å²) in [4.78, 5) is 11.9. The third-order valence-electron chi connectivity index (χ3n) is 2.76. The lowest BCUT2D eigenvalue weighted by molar-refractivity contribution is 0.751. The fourth-order valence-electron chi connectivity index (χ4n) is 2.01. The van der Waals surface area contributed by atoms with E-state index in [2.05, 4.69) is 26.3 Å². The molecule has 5 heteroatoms. The molecule has 0 amide bonds. The highest BCUT2D eigenvalue weighted by molar-refractivity contribution is 7.16. The van der Waals surface area contributed by atoms with Crippen LogP contribution in [0.2, 0.25) is 0 Å². The summed E-state index contributed by atoms with van der Waals surface area (Å²) in [6.07, 6.45) is 2.69. The summed E-state index contributed by atoms with van der Waals surface area (Å²) in [7, 11) is 0. The molecule has 3 rings (SSSR count). The van der Waals surface area contributed by atoms with Gasteiger partial charge in [0.25, 0.3) is 0 Å². The van der Waals surface area contributed by atoms with E-state index in [0.29, 0.717) is 0 Å². The molecule has 1 unspecified atom stereocenters. The highest BCUT2D eigenvalue weighted by Gasteiger charge is 2.22. The van der Waals surface area contributed by atoms with Gasteiger partial charge in [-0.3, -0.25) is 0 Å². The Morgan fingerprint density at radius 3 is 3.20 bits per heavy atom. The third-order valence-corrected chi connectivity index (χ3v) is 3.59. The van der Waals surface area contributed by atoms with Crippen molar-refractivity contribution >= 4 is 27.4 Å². The molecule has 2 aromatic heterocycles. The number of nitrogens with zero attached hydrogens (tertiary/aromatic N) is 3. The van der Waals surface area contributed by atoms with Crippen LogP contribution in [0.3, 0.4) is 0 Å². The maximum absolute atomic E-state index is 5.90. The van der Waals surface area contributed by atoms with Crippen molar-refractivity contribution in [1.29, 1.82) is 0 Å². The van der Waals surface area contributed by atoms with E-state index in [-0.39, 0.29) is 6.04 Å². The predicted octanol–water partition coefficient (Wildman–Crippen LogP) is 1.23. The Bertz CT molecular complexity index is 481. The van der Waals surface area contributed by atoms with E-state index in [1.165, 1.54) is 0 Å². The van der Waals surface area contributed by atoms with E-state index in [0.717, 1.165) is 35.5 Å². The molecule has 1 aliphatic rings. The van der Waals surface area contributed by atoms with E-state index < -0.39 is 0 Å². The number of anilines is 1. The smallest absolute Gasteiger partial charge is 0.140 e. The van der Waals surface area contributed by atoms with Gasteiger partial charge in [-0.15, -0.1) is 11.3 Å². The number of rotatable bonds is 1. The molecule has 0 aromatic carbocycles. The lowest BCUT2D eigenvalue weighted by atomic mass is 10.3. The molecule has 0 aliphatic carbocycles. The van der Waals surface area contributed by atoms with Gasteiger partial charge in [0.15, 0.2) is 0 Å². The molecule has 1 aliphatic heterocycles. The zero-order valence-corrected chi connectivity index (χ0v) is 9.07. The van der Waals surface area contributed by atoms with Crippen molar-refractivity contribution < 1.29 is 0 Å². The maximum Gasteiger partial charge on any atom is 0.140 e. The first kappa shape index (κ1) is 9.06. The Balaban J connectivity index is 2.06. The molecule has 15 heavy (non-hydrogen) atoms. The fraction of sp³-hybridized carbons (Fsp3) is 0.400. The number of thiophene rings is 1. The highest BCUT2D eigenvalue weighted by atomic mass is 32.1. The second-order valence-corrected chi connectivity index (χ2v) is 4.73. The Labute approximate surface area is 91.7 Å². The zero-order chi connectivity index (χ0) is 10.3. The van der Waals surface area contributed by atoms with Gasteiger partial charge in [-0.25, -0.2) is 9.97 Å². The van der Waals surface area contributed by atoms with Crippen molar-refractivity contribution in [1.82, 2.24) is 9.97 Å². The summed E-state index contributed by atoms with van der Waals surface area (Å²) in [6.45, 7) is 1.91. The van der Waals surface area contributed by atoms with Crippen LogP contribution in [-0.2, 0) is 0 Å². The van der Waals surface area contributed by atoms with E-state index in [9.17, 15) is 0 Å². The van der Waals surface area contributed by atoms with Crippen molar-refractivity contribution in [3.05, 3.63) is 17.8 Å². The topological polar surface area (TPSA) is 55.0 Å². The Kier molecular flexibility index (Phi) is 2.07. The van der Waals surface area contributed by atoms with Gasteiger partial charge in [0, 0.05) is 19.1 Å². The minimum Gasteiger partial charge on any atom is -0.354 e. The highest BCUT2D eigenvalue weighted by Crippen LogP contribution is 2.28. The summed E-state index contributed by atoms with van der Waals surface area (Å²) in [6, 6.07) is 2.37. The first-order valence-electron chi connectivity index (χ1n) is 5.03. The summed E-state index contributed by atoms with van der Waals surface area (Å²) in [5.74, 6) is 1.04. The summed E-state index contributed by atoms with van der Waals surface area (Å²) < 4.78 is 0. The van der Waals surface area contributed by atoms with Crippen LogP contribution in [0.1, 0.15) is 6.42 Å². The standard InChI is InChI=1S/C10H12N4S/c11-7-1-3-14(5-7)9-8-2-4-15-10(8)13-6-12-9/h2,4,6-7H,1,3,5,11H2. The van der Waals surface area contributed by atoms with E-state index >= 15 is 0 Å². The second kappa shape index (κ2) is 3.43. The SMILES string of the molecule is NC1CCN(c2ncnc3sccc23)C1. The third kappa shape index (κ3) is 1.48. The zero-order valence-electron chi connectivity index (χ0n) is 8.26. The molecular weight excluding hydrogens is 208 g/mol. The summed E-state index contributed by atoms with van der Waals surface area (Å²) in [5, 5.41) is 3.20. The first-order chi connectivity index (χ1) is 7.34. The molecule has 78 valence electrons. The minimum absolute atomic E-state index is 0.286. The molecule has 2 N–H and O–H groups in total. The molecule has 2 aromatic rings. The van der Waals surface area contributed by atoms with Crippen LogP contribution in [0.25, 0.3) is 10.2 Å². The number of hydrogen-bond donors (Lipinski definition) is 1. The van der Waals surface area contributed by atoms with Crippen molar-refractivity contribution in [3.63, 3.8) is 0 Å². The minimum atomic E-state index is 0.286. The molecule has 1 atom stereocenters. The van der Waals surface area contributed by atoms with Gasteiger partial charge in [0.2, 0.25) is 0 Å². The first-order valence-corrected chi connectivity index (χ1v) is 5.91. The normalized spacial score (nSPS) is 21.4. The quantitative estimate of drug-likeness (QED) is 0.785. The largest absolute Gasteiger partial charge is 0.354 e. The van der Waals surface area contributed by atoms with Gasteiger partial charge in [-0.1, -0.05) is 0 Å². The predicted molar refractivity (Wildman–Crippen MR) is 62.2 cm³/mol. The average Bonchev–Trinajstić information content (AvgIpc) is 2.84. The second-order valence-electron chi connectivity index (χ2n) is 3.83. The van der Waals surface area contributed by atoms with Crippen LogP contribution in [0.15, 0.2) is 17.8 Å². The van der Waals surface area contributed by atoms with Crippen molar-refractivity contribution in [2.24, 2.45) is 5.73 Å². The van der Waals surface area contributed by atoms with Gasteiger partial charge >= 0.3 is 0 Å². The number of hydrogen-bond acceptors (Lipinski definition) is 5. The number of aromatic nitrogens is 2. The summed E-state index contributed by atoms with van der Waals surface area (Å²) in [5.41, 5.74) is 5.90. The monoisotopic (exact) mass is 220 g/mol.